The van der Waals surface area contributed by atoms with E-state index < -0.39 is 35.9 Å². The first-order chi connectivity index (χ1) is 19.0. The molecule has 1 aromatic rings. The molecular weight excluding hydrogens is 560 g/mol. The Kier molecular flexibility index (Phi) is 12.8. The van der Waals surface area contributed by atoms with Gasteiger partial charge in [-0.2, -0.15) is 13.2 Å². The highest BCUT2D eigenvalue weighted by molar-refractivity contribution is 6.32. The highest BCUT2D eigenvalue weighted by atomic mass is 35.5. The first kappa shape index (κ1) is 33.4. The normalized spacial score (nSPS) is 19.4. The molecule has 1 aliphatic carbocycles. The summed E-state index contributed by atoms with van der Waals surface area (Å²) in [5, 5.41) is 2.71. The van der Waals surface area contributed by atoms with Gasteiger partial charge >= 0.3 is 6.18 Å². The average molecular weight is 595 g/mol. The molecule has 0 aromatic heterocycles. The Morgan fingerprint density at radius 3 is 2.42 bits per heavy atom. The number of nitrogens with zero attached hydrogens (tertiary/aromatic N) is 2. The number of primary amides is 1. The molecule has 2 atom stereocenters. The Balaban J connectivity index is 0.000000292. The van der Waals surface area contributed by atoms with E-state index >= 15 is 0 Å². The summed E-state index contributed by atoms with van der Waals surface area (Å²) in [6.45, 7) is 0.652. The molecule has 0 radical (unpaired) electrons. The highest BCUT2D eigenvalue weighted by Gasteiger charge is 2.48. The number of hydrogen-bond donors (Lipinski definition) is 2. The number of hydrogen-bond acceptors (Lipinski definition) is 6. The van der Waals surface area contributed by atoms with Gasteiger partial charge in [0.25, 0.3) is 5.91 Å². The number of methoxy groups -OCH3 is 1. The van der Waals surface area contributed by atoms with Gasteiger partial charge in [0.1, 0.15) is 24.2 Å². The van der Waals surface area contributed by atoms with Gasteiger partial charge in [-0.3, -0.25) is 19.3 Å². The zero-order valence-corrected chi connectivity index (χ0v) is 23.2. The Morgan fingerprint density at radius 1 is 1.27 bits per heavy atom. The standard InChI is InChI=1S/C16H18ClFN2O4.C9H14F3N.CH3NO/c1-19-15(22)12(4-3-5-21)20-7-10-11(17)6-9(8-24-2)14(18)13(10)16(20)23;10-9(11,12)8-5-2-6-13(8)7-3-1-4-7;2-1-3/h5-6,12H,3-4,7-8H2,1-2H3,(H,19,22);7-8H,1-6H2;1H,(H2,2,3). The van der Waals surface area contributed by atoms with Crippen molar-refractivity contribution in [2.45, 2.75) is 82.4 Å². The number of nitrogens with two attached hydrogens (primary N) is 1. The Labute approximate surface area is 235 Å². The zero-order valence-electron chi connectivity index (χ0n) is 22.4. The quantitative estimate of drug-likeness (QED) is 0.352. The summed E-state index contributed by atoms with van der Waals surface area (Å²) < 4.78 is 57.0. The van der Waals surface area contributed by atoms with Crippen molar-refractivity contribution in [3.63, 3.8) is 0 Å². The summed E-state index contributed by atoms with van der Waals surface area (Å²) in [6.07, 6.45) is 1.24. The van der Waals surface area contributed by atoms with Gasteiger partial charge in [0.05, 0.1) is 12.2 Å². The fourth-order valence-corrected chi connectivity index (χ4v) is 5.39. The number of nitrogens with one attached hydrogen (secondary N) is 1. The third kappa shape index (κ3) is 7.91. The Bertz CT molecular complexity index is 1050. The molecule has 0 spiro atoms. The first-order valence-corrected chi connectivity index (χ1v) is 13.3. The summed E-state index contributed by atoms with van der Waals surface area (Å²) in [5.74, 6) is -1.71. The van der Waals surface area contributed by atoms with Crippen LogP contribution in [0.3, 0.4) is 0 Å². The predicted octanol–water partition coefficient (Wildman–Crippen LogP) is 3.34. The lowest BCUT2D eigenvalue weighted by molar-refractivity contribution is -0.184. The van der Waals surface area contributed by atoms with Crippen LogP contribution in [0.4, 0.5) is 17.6 Å². The molecule has 2 aliphatic heterocycles. The van der Waals surface area contributed by atoms with E-state index in [1.165, 1.54) is 25.1 Å². The zero-order chi connectivity index (χ0) is 30.0. The van der Waals surface area contributed by atoms with Crippen LogP contribution in [0, 0.1) is 5.82 Å². The number of fused-ring (bicyclic) bond motifs is 1. The van der Waals surface area contributed by atoms with E-state index in [4.69, 9.17) is 21.1 Å². The van der Waals surface area contributed by atoms with Crippen molar-refractivity contribution in [1.82, 2.24) is 15.1 Å². The molecule has 3 N–H and O–H groups in total. The lowest BCUT2D eigenvalue weighted by Gasteiger charge is -2.39. The maximum Gasteiger partial charge on any atom is 0.404 e. The molecule has 1 saturated heterocycles. The number of benzene rings is 1. The second-order valence-corrected chi connectivity index (χ2v) is 9.99. The molecular formula is C26H35ClF4N4O5. The fourth-order valence-electron chi connectivity index (χ4n) is 5.11. The Morgan fingerprint density at radius 2 is 1.93 bits per heavy atom. The number of amides is 3. The van der Waals surface area contributed by atoms with Crippen molar-refractivity contribution in [1.29, 1.82) is 0 Å². The largest absolute Gasteiger partial charge is 0.404 e. The number of rotatable bonds is 8. The van der Waals surface area contributed by atoms with Crippen molar-refractivity contribution < 1.29 is 41.5 Å². The fraction of sp³-hybridized carbons (Fsp3) is 0.615. The van der Waals surface area contributed by atoms with Crippen molar-refractivity contribution >= 4 is 36.1 Å². The van der Waals surface area contributed by atoms with Gasteiger partial charge in [-0.15, -0.1) is 0 Å². The minimum atomic E-state index is -4.01. The molecule has 4 rings (SSSR count). The summed E-state index contributed by atoms with van der Waals surface area (Å²) in [4.78, 5) is 46.9. The third-order valence-corrected chi connectivity index (χ3v) is 7.53. The van der Waals surface area contributed by atoms with E-state index in [0.29, 0.717) is 31.2 Å². The first-order valence-electron chi connectivity index (χ1n) is 12.9. The summed E-state index contributed by atoms with van der Waals surface area (Å²) >= 11 is 6.18. The number of aldehydes is 1. The minimum absolute atomic E-state index is 0.0177. The van der Waals surface area contributed by atoms with Gasteiger partial charge < -0.3 is 25.5 Å². The van der Waals surface area contributed by atoms with Crippen molar-refractivity contribution in [3.8, 4) is 0 Å². The van der Waals surface area contributed by atoms with Crippen LogP contribution < -0.4 is 11.1 Å². The van der Waals surface area contributed by atoms with E-state index in [-0.39, 0.29) is 54.6 Å². The van der Waals surface area contributed by atoms with Crippen LogP contribution in [0.15, 0.2) is 6.07 Å². The van der Waals surface area contributed by atoms with Crippen LogP contribution in [0.5, 0.6) is 0 Å². The van der Waals surface area contributed by atoms with E-state index in [0.717, 1.165) is 19.3 Å². The smallest absolute Gasteiger partial charge is 0.380 e. The minimum Gasteiger partial charge on any atom is -0.380 e. The second kappa shape index (κ2) is 15.3. The van der Waals surface area contributed by atoms with Gasteiger partial charge in [0.15, 0.2) is 0 Å². The van der Waals surface area contributed by atoms with Crippen molar-refractivity contribution in [3.05, 3.63) is 33.6 Å². The molecule has 1 aromatic carbocycles. The van der Waals surface area contributed by atoms with E-state index in [1.54, 1.807) is 4.90 Å². The van der Waals surface area contributed by atoms with Crippen LogP contribution in [0.1, 0.15) is 66.4 Å². The van der Waals surface area contributed by atoms with E-state index in [9.17, 15) is 31.9 Å². The topological polar surface area (TPSA) is 122 Å². The molecule has 9 nitrogen and oxygen atoms in total. The molecule has 3 amide bonds. The lowest BCUT2D eigenvalue weighted by atomic mass is 9.91. The molecule has 2 heterocycles. The maximum atomic E-state index is 14.6. The number of ether oxygens (including phenoxy) is 1. The number of halogens is 5. The van der Waals surface area contributed by atoms with Gasteiger partial charge in [-0.05, 0) is 44.7 Å². The third-order valence-electron chi connectivity index (χ3n) is 7.19. The van der Waals surface area contributed by atoms with Crippen LogP contribution in [0.25, 0.3) is 0 Å². The molecule has 40 heavy (non-hydrogen) atoms. The van der Waals surface area contributed by atoms with Gasteiger partial charge in [0.2, 0.25) is 12.3 Å². The van der Waals surface area contributed by atoms with Gasteiger partial charge in [0, 0.05) is 49.3 Å². The summed E-state index contributed by atoms with van der Waals surface area (Å²) in [6, 6.07) is -0.343. The van der Waals surface area contributed by atoms with Gasteiger partial charge in [-0.1, -0.05) is 18.0 Å². The van der Waals surface area contributed by atoms with Crippen LogP contribution in [0.2, 0.25) is 5.02 Å². The SMILES string of the molecule is CNC(=O)C(CCC=O)N1Cc2c(Cl)cc(COC)c(F)c2C1=O.FC(F)(F)C1CCCN1C1CCC1.NC=O. The van der Waals surface area contributed by atoms with E-state index in [1.807, 2.05) is 0 Å². The van der Waals surface area contributed by atoms with Crippen LogP contribution in [-0.2, 0) is 32.3 Å². The second-order valence-electron chi connectivity index (χ2n) is 9.58. The average Bonchev–Trinajstić information content (AvgIpc) is 3.48. The van der Waals surface area contributed by atoms with Gasteiger partial charge in [-0.25, -0.2) is 4.39 Å². The number of carbonyl (C=O) groups is 4. The summed E-state index contributed by atoms with van der Waals surface area (Å²) in [5.41, 5.74) is 4.56. The molecule has 0 bridgehead atoms. The molecule has 2 fully saturated rings. The van der Waals surface area contributed by atoms with E-state index in [2.05, 4.69) is 11.1 Å². The Hall–Kier alpha value is -2.77. The van der Waals surface area contributed by atoms with Crippen molar-refractivity contribution in [2.75, 3.05) is 20.7 Å². The van der Waals surface area contributed by atoms with Crippen LogP contribution in [-0.4, -0.2) is 79.3 Å². The van der Waals surface area contributed by atoms with Crippen LogP contribution >= 0.6 is 11.6 Å². The number of alkyl halides is 3. The lowest BCUT2D eigenvalue weighted by Crippen LogP contribution is -2.49. The monoisotopic (exact) mass is 594 g/mol. The van der Waals surface area contributed by atoms with Crippen molar-refractivity contribution in [2.24, 2.45) is 5.73 Å². The molecule has 224 valence electrons. The summed E-state index contributed by atoms with van der Waals surface area (Å²) in [7, 11) is 2.85. The molecule has 3 aliphatic rings. The highest BCUT2D eigenvalue weighted by Crippen LogP contribution is 2.38. The number of likely N-dealkylation sites (N-methyl/N-ethyl adjacent to an activating group) is 1. The molecule has 2 unspecified atom stereocenters. The number of likely N-dealkylation sites (tertiary alicyclic amines) is 1. The maximum absolute atomic E-state index is 14.6. The molecule has 1 saturated carbocycles. The predicted molar refractivity (Wildman–Crippen MR) is 139 cm³/mol. The number of carbonyl (C=O) groups excluding carboxylic acids is 4. The molecule has 14 heteroatoms.